The van der Waals surface area contributed by atoms with Crippen molar-refractivity contribution in [3.8, 4) is 0 Å². The van der Waals surface area contributed by atoms with E-state index in [0.717, 1.165) is 22.2 Å². The standard InChI is InChI=1S/C11H12N2O2.C9H18N2O3.C6H9N3O2.C6H13NO2.C3H7NO3/c12-9(11(14)15)5-7-6-13-10-4-2-1-3-8(7)10;1-5(2)4-7(11)9(13)14-8(12)6(3)10;7-5(6(10)11)1-4-2-8-3-9-4;1-4(2)3-5(7)6(8)9;4-2(1-5)3(6)7/h1-4,6,9,13H,5,12H2,(H,14,15);5-7H,4,10-11H2,1-3H3;2-3,5H,1,7H2,(H,8,9)(H,10,11);4-5H,3,7H2,1-2H3,(H,8,9);2,5H,1,4H2,(H,6,7)/t9-;6-,7+;2*5-;2-/m10001/s1. The third kappa shape index (κ3) is 24.2. The van der Waals surface area contributed by atoms with Crippen LogP contribution in [0.25, 0.3) is 10.9 Å². The first-order valence-corrected chi connectivity index (χ1v) is 17.3. The number of nitrogens with zero attached hydrogens (tertiary/aromatic N) is 1. The maximum Gasteiger partial charge on any atom is 0.330 e. The van der Waals surface area contributed by atoms with Crippen LogP contribution >= 0.6 is 0 Å². The van der Waals surface area contributed by atoms with E-state index < -0.39 is 78.7 Å². The summed E-state index contributed by atoms with van der Waals surface area (Å²) in [6.45, 7) is 8.70. The average Bonchev–Trinajstić information content (AvgIpc) is 3.78. The highest BCUT2D eigenvalue weighted by molar-refractivity contribution is 5.90. The Labute approximate surface area is 324 Å². The molecule has 0 radical (unpaired) electrons. The van der Waals surface area contributed by atoms with Gasteiger partial charge in [0.15, 0.2) is 0 Å². The average molecular weight is 798 g/mol. The number of benzene rings is 1. The number of carboxylic acid groups (broad SMARTS) is 4. The summed E-state index contributed by atoms with van der Waals surface area (Å²) in [5.41, 5.74) is 34.1. The number of ether oxygens (including phenoxy) is 1. The fourth-order valence-electron chi connectivity index (χ4n) is 3.90. The summed E-state index contributed by atoms with van der Waals surface area (Å²) in [4.78, 5) is 72.3. The van der Waals surface area contributed by atoms with Crippen molar-refractivity contribution < 1.29 is 59.0 Å². The number of aliphatic carboxylic acids is 4. The van der Waals surface area contributed by atoms with Crippen molar-refractivity contribution in [2.75, 3.05) is 6.61 Å². The summed E-state index contributed by atoms with van der Waals surface area (Å²) < 4.78 is 4.45. The van der Waals surface area contributed by atoms with Crippen molar-refractivity contribution in [3.63, 3.8) is 0 Å². The van der Waals surface area contributed by atoms with E-state index >= 15 is 0 Å². The first-order valence-electron chi connectivity index (χ1n) is 17.3. The number of carbonyl (C=O) groups is 6. The SMILES string of the molecule is CC(C)C[C@@H](N)C(=O)OC(=O)[C@H](C)N.CC(C)C[C@H](N)C(=O)O.N[C@@H](Cc1cnc[nH]1)C(=O)O.N[C@H](CO)C(=O)O.N[C@H](Cc1c[nH]c2ccccc12)C(=O)O. The lowest BCUT2D eigenvalue weighted by Gasteiger charge is -2.12. The summed E-state index contributed by atoms with van der Waals surface area (Å²) in [7, 11) is 0. The van der Waals surface area contributed by atoms with E-state index in [9.17, 15) is 28.8 Å². The van der Waals surface area contributed by atoms with Gasteiger partial charge >= 0.3 is 35.8 Å². The molecule has 3 rings (SSSR count). The minimum atomic E-state index is -1.18. The molecule has 19 N–H and O–H groups in total. The number of aromatic amines is 2. The van der Waals surface area contributed by atoms with Gasteiger partial charge in [0.05, 0.1) is 12.9 Å². The number of aliphatic hydroxyl groups is 1. The molecule has 3 aromatic rings. The van der Waals surface area contributed by atoms with Crippen LogP contribution in [0.15, 0.2) is 43.0 Å². The molecule has 0 fully saturated rings. The van der Waals surface area contributed by atoms with Gasteiger partial charge in [-0.3, -0.25) is 19.2 Å². The molecular formula is C35H59N9O12. The van der Waals surface area contributed by atoms with Crippen molar-refractivity contribution in [2.24, 2.45) is 46.2 Å². The number of H-pyrrole nitrogens is 2. The number of hydrogen-bond donors (Lipinski definition) is 13. The van der Waals surface area contributed by atoms with Crippen molar-refractivity contribution in [3.05, 3.63) is 54.2 Å². The smallest absolute Gasteiger partial charge is 0.330 e. The summed E-state index contributed by atoms with van der Waals surface area (Å²) in [6.07, 6.45) is 6.54. The Bertz CT molecular complexity index is 1610. The second kappa shape index (κ2) is 28.2. The molecule has 0 aliphatic carbocycles. The predicted octanol–water partition coefficient (Wildman–Crippen LogP) is -0.902. The van der Waals surface area contributed by atoms with Gasteiger partial charge in [-0.15, -0.1) is 0 Å². The Hall–Kier alpha value is -5.29. The maximum atomic E-state index is 11.2. The Kier molecular flexibility index (Phi) is 26.6. The topological polar surface area (TPSA) is 413 Å². The Morgan fingerprint density at radius 2 is 1.14 bits per heavy atom. The quantitative estimate of drug-likeness (QED) is 0.0654. The number of aliphatic hydroxyl groups excluding tert-OH is 1. The molecule has 0 unspecified atom stereocenters. The zero-order chi connectivity index (χ0) is 43.7. The van der Waals surface area contributed by atoms with Crippen molar-refractivity contribution >= 4 is 46.7 Å². The second-order valence-electron chi connectivity index (χ2n) is 13.2. The van der Waals surface area contributed by atoms with E-state index in [0.29, 0.717) is 25.2 Å². The van der Waals surface area contributed by atoms with Gasteiger partial charge in [0.1, 0.15) is 36.3 Å². The highest BCUT2D eigenvalue weighted by Crippen LogP contribution is 2.18. The van der Waals surface area contributed by atoms with Crippen LogP contribution < -0.4 is 34.4 Å². The van der Waals surface area contributed by atoms with Gasteiger partial charge in [0.25, 0.3) is 0 Å². The number of rotatable bonds is 15. The number of hydrogen-bond acceptors (Lipinski definition) is 15. The van der Waals surface area contributed by atoms with Gasteiger partial charge in [-0.2, -0.15) is 0 Å². The van der Waals surface area contributed by atoms with Gasteiger partial charge in [0.2, 0.25) is 0 Å². The van der Waals surface area contributed by atoms with Crippen LogP contribution in [-0.4, -0.2) is 119 Å². The third-order valence-corrected chi connectivity index (χ3v) is 6.90. The molecular weight excluding hydrogens is 738 g/mol. The van der Waals surface area contributed by atoms with Crippen LogP contribution in [0.4, 0.5) is 0 Å². The van der Waals surface area contributed by atoms with Crippen molar-refractivity contribution in [2.45, 2.75) is 96.6 Å². The lowest BCUT2D eigenvalue weighted by Crippen LogP contribution is -2.38. The van der Waals surface area contributed by atoms with E-state index in [1.54, 1.807) is 6.20 Å². The number of para-hydroxylation sites is 1. The van der Waals surface area contributed by atoms with Crippen LogP contribution in [-0.2, 0) is 46.3 Å². The Morgan fingerprint density at radius 3 is 1.54 bits per heavy atom. The van der Waals surface area contributed by atoms with Gasteiger partial charge < -0.3 is 74.6 Å². The molecule has 56 heavy (non-hydrogen) atoms. The fraction of sp³-hybridized carbons (Fsp3) is 0.514. The van der Waals surface area contributed by atoms with Crippen molar-refractivity contribution in [1.82, 2.24) is 15.0 Å². The molecule has 21 heteroatoms. The number of nitrogens with two attached hydrogens (primary N) is 6. The van der Waals surface area contributed by atoms with E-state index in [-0.39, 0.29) is 12.3 Å². The molecule has 21 nitrogen and oxygen atoms in total. The monoisotopic (exact) mass is 797 g/mol. The molecule has 0 amide bonds. The normalized spacial score (nSPS) is 13.6. The second-order valence-corrected chi connectivity index (χ2v) is 13.2. The molecule has 316 valence electrons. The largest absolute Gasteiger partial charge is 0.480 e. The molecule has 6 atom stereocenters. The highest BCUT2D eigenvalue weighted by Gasteiger charge is 2.21. The number of carboxylic acids is 4. The van der Waals surface area contributed by atoms with Crippen LogP contribution in [0, 0.1) is 11.8 Å². The number of fused-ring (bicyclic) bond motifs is 1. The molecule has 0 aliphatic heterocycles. The lowest BCUT2D eigenvalue weighted by molar-refractivity contribution is -0.161. The highest BCUT2D eigenvalue weighted by atomic mass is 16.6. The Morgan fingerprint density at radius 1 is 0.661 bits per heavy atom. The van der Waals surface area contributed by atoms with Gasteiger partial charge in [0, 0.05) is 41.8 Å². The summed E-state index contributed by atoms with van der Waals surface area (Å²) in [6, 6.07) is 2.69. The minimum Gasteiger partial charge on any atom is -0.480 e. The van der Waals surface area contributed by atoms with Crippen LogP contribution in [0.3, 0.4) is 0 Å². The molecule has 0 saturated heterocycles. The minimum absolute atomic E-state index is 0.281. The third-order valence-electron chi connectivity index (χ3n) is 6.90. The molecule has 0 spiro atoms. The summed E-state index contributed by atoms with van der Waals surface area (Å²) in [5.74, 6) is -4.87. The van der Waals surface area contributed by atoms with Crippen LogP contribution in [0.2, 0.25) is 0 Å². The number of esters is 2. The van der Waals surface area contributed by atoms with Gasteiger partial charge in [-0.1, -0.05) is 45.9 Å². The number of carbonyl (C=O) groups excluding carboxylic acids is 2. The van der Waals surface area contributed by atoms with Crippen LogP contribution in [0.1, 0.15) is 58.7 Å². The first-order chi connectivity index (χ1) is 25.9. The van der Waals surface area contributed by atoms with E-state index in [1.807, 2.05) is 58.2 Å². The Balaban J connectivity index is 0. The molecule has 0 bridgehead atoms. The zero-order valence-corrected chi connectivity index (χ0v) is 32.2. The van der Waals surface area contributed by atoms with E-state index in [4.69, 9.17) is 59.9 Å². The molecule has 0 aliphatic rings. The predicted molar refractivity (Wildman–Crippen MR) is 205 cm³/mol. The lowest BCUT2D eigenvalue weighted by atomic mass is 10.1. The van der Waals surface area contributed by atoms with E-state index in [2.05, 4.69) is 19.7 Å². The fourth-order valence-corrected chi connectivity index (χ4v) is 3.90. The summed E-state index contributed by atoms with van der Waals surface area (Å²) in [5, 5.41) is 42.4. The molecule has 1 aromatic carbocycles. The van der Waals surface area contributed by atoms with Crippen LogP contribution in [0.5, 0.6) is 0 Å². The number of aromatic nitrogens is 3. The molecule has 2 heterocycles. The zero-order valence-electron chi connectivity index (χ0n) is 32.2. The van der Waals surface area contributed by atoms with Gasteiger partial charge in [-0.05, 0) is 43.2 Å². The molecule has 0 saturated carbocycles. The van der Waals surface area contributed by atoms with E-state index in [1.165, 1.54) is 13.3 Å². The number of nitrogens with one attached hydrogen (secondary N) is 2. The summed E-state index contributed by atoms with van der Waals surface area (Å²) >= 11 is 0. The maximum absolute atomic E-state index is 11.2. The van der Waals surface area contributed by atoms with Crippen molar-refractivity contribution in [1.29, 1.82) is 0 Å². The number of imidazole rings is 1. The molecule has 2 aromatic heterocycles. The van der Waals surface area contributed by atoms with Gasteiger partial charge in [-0.25, -0.2) is 14.6 Å². The first kappa shape index (κ1) is 52.8.